The van der Waals surface area contributed by atoms with E-state index in [1.807, 2.05) is 18.0 Å². The highest BCUT2D eigenvalue weighted by Gasteiger charge is 2.47. The minimum Gasteiger partial charge on any atom is -0.381 e. The normalized spacial score (nSPS) is 21.2. The molecule has 2 aromatic heterocycles. The lowest BCUT2D eigenvalue weighted by atomic mass is 9.78. The molecule has 0 unspecified atom stereocenters. The predicted molar refractivity (Wildman–Crippen MR) is 161 cm³/mol. The third kappa shape index (κ3) is 4.99. The molecule has 7 rings (SSSR count). The summed E-state index contributed by atoms with van der Waals surface area (Å²) in [6, 6.07) is 4.35. The molecule has 13 heteroatoms. The van der Waals surface area contributed by atoms with Gasteiger partial charge >= 0.3 is 0 Å². The highest BCUT2D eigenvalue weighted by Crippen LogP contribution is 2.52. The minimum atomic E-state index is -3.32. The largest absolute Gasteiger partial charge is 0.381 e. The summed E-state index contributed by atoms with van der Waals surface area (Å²) in [7, 11) is -3.32. The molecule has 4 aliphatic rings. The summed E-state index contributed by atoms with van der Waals surface area (Å²) in [5.74, 6) is -0.757. The zero-order valence-electron chi connectivity index (χ0n) is 24.5. The molecule has 6 heterocycles. The van der Waals surface area contributed by atoms with Crippen molar-refractivity contribution in [2.45, 2.75) is 25.2 Å². The van der Waals surface area contributed by atoms with E-state index in [-0.39, 0.29) is 16.3 Å². The van der Waals surface area contributed by atoms with Crippen molar-refractivity contribution in [1.82, 2.24) is 14.3 Å². The third-order valence-electron chi connectivity index (χ3n) is 9.40. The number of sulfonamides is 1. The maximum atomic E-state index is 15.8. The van der Waals surface area contributed by atoms with E-state index in [2.05, 4.69) is 15.9 Å². The minimum absolute atomic E-state index is 0.227. The van der Waals surface area contributed by atoms with Crippen molar-refractivity contribution in [2.75, 3.05) is 93.2 Å². The molecule has 0 saturated carbocycles. The molecule has 43 heavy (non-hydrogen) atoms. The number of pyridine rings is 2. The lowest BCUT2D eigenvalue weighted by molar-refractivity contribution is 0.0545. The molecule has 3 aromatic rings. The maximum Gasteiger partial charge on any atom is 0.211 e. The lowest BCUT2D eigenvalue weighted by Gasteiger charge is -2.36. The number of hydrogen-bond donors (Lipinski definition) is 0. The van der Waals surface area contributed by atoms with Crippen LogP contribution in [0.15, 0.2) is 24.4 Å². The number of ether oxygens (including phenoxy) is 2. The van der Waals surface area contributed by atoms with Crippen molar-refractivity contribution < 1.29 is 26.7 Å². The van der Waals surface area contributed by atoms with Gasteiger partial charge in [-0.2, -0.15) is 4.31 Å². The standard InChI is InChI=1S/C30H36F2N6O4S/c1-20-27(26-23(32)15-21(31)16-24(26)34-29(20)36-5-7-37(8-6-36)43(2,39)40)38-19-30(3-11-41-12-4-30)28-25(38)17-22(18-33-28)35-9-13-42-14-10-35/h15-18H,3-14,19H2,1-2H3. The molecular weight excluding hydrogens is 578 g/mol. The van der Waals surface area contributed by atoms with Crippen LogP contribution >= 0.6 is 0 Å². The summed E-state index contributed by atoms with van der Waals surface area (Å²) in [6.07, 6.45) is 4.73. The molecule has 0 radical (unpaired) electrons. The molecular formula is C30H36F2N6O4S. The van der Waals surface area contributed by atoms with Gasteiger partial charge in [-0.3, -0.25) is 4.98 Å². The van der Waals surface area contributed by atoms with E-state index < -0.39 is 21.7 Å². The first-order chi connectivity index (χ1) is 20.6. The summed E-state index contributed by atoms with van der Waals surface area (Å²) in [4.78, 5) is 16.3. The lowest BCUT2D eigenvalue weighted by Crippen LogP contribution is -2.48. The Morgan fingerprint density at radius 3 is 2.30 bits per heavy atom. The summed E-state index contributed by atoms with van der Waals surface area (Å²) >= 11 is 0. The Morgan fingerprint density at radius 1 is 0.907 bits per heavy atom. The second kappa shape index (κ2) is 10.8. The van der Waals surface area contributed by atoms with Crippen molar-refractivity contribution >= 4 is 43.8 Å². The maximum absolute atomic E-state index is 15.8. The Balaban J connectivity index is 1.39. The van der Waals surface area contributed by atoms with Crippen LogP contribution < -0.4 is 14.7 Å². The Labute approximate surface area is 250 Å². The van der Waals surface area contributed by atoms with Crippen LogP contribution in [0.3, 0.4) is 0 Å². The van der Waals surface area contributed by atoms with Gasteiger partial charge in [0.1, 0.15) is 17.5 Å². The summed E-state index contributed by atoms with van der Waals surface area (Å²) in [6.45, 7) is 8.01. The zero-order chi connectivity index (χ0) is 29.9. The van der Waals surface area contributed by atoms with Crippen LogP contribution in [0.25, 0.3) is 10.9 Å². The number of nitrogens with zero attached hydrogens (tertiary/aromatic N) is 6. The van der Waals surface area contributed by atoms with E-state index in [0.717, 1.165) is 54.6 Å². The number of halogens is 2. The zero-order valence-corrected chi connectivity index (χ0v) is 25.3. The van der Waals surface area contributed by atoms with Crippen LogP contribution in [0.4, 0.5) is 31.7 Å². The fraction of sp³-hybridized carbons (Fsp3) is 0.533. The van der Waals surface area contributed by atoms with Gasteiger partial charge in [0.05, 0.1) is 59.3 Å². The molecule has 3 saturated heterocycles. The topological polar surface area (TPSA) is 91.3 Å². The Kier molecular flexibility index (Phi) is 7.19. The number of rotatable bonds is 4. The molecule has 0 N–H and O–H groups in total. The van der Waals surface area contributed by atoms with Gasteiger partial charge in [-0.05, 0) is 25.8 Å². The fourth-order valence-corrected chi connectivity index (χ4v) is 7.95. The van der Waals surface area contributed by atoms with E-state index in [4.69, 9.17) is 19.4 Å². The second-order valence-electron chi connectivity index (χ2n) is 12.0. The van der Waals surface area contributed by atoms with Crippen molar-refractivity contribution in [3.8, 4) is 0 Å². The van der Waals surface area contributed by atoms with E-state index in [0.29, 0.717) is 70.7 Å². The van der Waals surface area contributed by atoms with Gasteiger partial charge in [0, 0.05) is 82.1 Å². The van der Waals surface area contributed by atoms with E-state index >= 15 is 4.39 Å². The van der Waals surface area contributed by atoms with E-state index in [1.165, 1.54) is 16.6 Å². The first-order valence-corrected chi connectivity index (χ1v) is 16.7. The summed E-state index contributed by atoms with van der Waals surface area (Å²) in [5.41, 5.74) is 4.24. The molecule has 0 atom stereocenters. The molecule has 0 amide bonds. The Hall–Kier alpha value is -3.13. The Bertz CT molecular complexity index is 1670. The van der Waals surface area contributed by atoms with Crippen LogP contribution in [-0.4, -0.2) is 101 Å². The van der Waals surface area contributed by atoms with Crippen LogP contribution in [0.2, 0.25) is 0 Å². The van der Waals surface area contributed by atoms with Gasteiger partial charge in [0.25, 0.3) is 0 Å². The highest BCUT2D eigenvalue weighted by molar-refractivity contribution is 7.88. The number of fused-ring (bicyclic) bond motifs is 3. The van der Waals surface area contributed by atoms with E-state index in [9.17, 15) is 12.8 Å². The van der Waals surface area contributed by atoms with Gasteiger partial charge in [-0.25, -0.2) is 22.2 Å². The molecule has 4 aliphatic heterocycles. The highest BCUT2D eigenvalue weighted by atomic mass is 32.2. The molecule has 10 nitrogen and oxygen atoms in total. The number of piperazine rings is 1. The van der Waals surface area contributed by atoms with E-state index in [1.54, 1.807) is 0 Å². The van der Waals surface area contributed by atoms with Gasteiger partial charge in [-0.15, -0.1) is 0 Å². The monoisotopic (exact) mass is 614 g/mol. The van der Waals surface area contributed by atoms with Crippen molar-refractivity contribution in [1.29, 1.82) is 0 Å². The smallest absolute Gasteiger partial charge is 0.211 e. The van der Waals surface area contributed by atoms with Gasteiger partial charge in [0.15, 0.2) is 0 Å². The third-order valence-corrected chi connectivity index (χ3v) is 10.7. The number of benzene rings is 1. The number of morpholine rings is 1. The SMILES string of the molecule is Cc1c(N2CCN(S(C)(=O)=O)CC2)nc2cc(F)cc(F)c2c1N1CC2(CCOCC2)c2ncc(N3CCOCC3)cc21. The first-order valence-electron chi connectivity index (χ1n) is 14.8. The van der Waals surface area contributed by atoms with Crippen molar-refractivity contribution in [3.63, 3.8) is 0 Å². The average Bonchev–Trinajstić information content (AvgIpc) is 3.29. The quantitative estimate of drug-likeness (QED) is 0.439. The predicted octanol–water partition coefficient (Wildman–Crippen LogP) is 3.33. The molecule has 230 valence electrons. The molecule has 0 aliphatic carbocycles. The number of aromatic nitrogens is 2. The Morgan fingerprint density at radius 2 is 1.60 bits per heavy atom. The molecule has 0 bridgehead atoms. The number of hydrogen-bond acceptors (Lipinski definition) is 9. The van der Waals surface area contributed by atoms with Crippen LogP contribution in [0.5, 0.6) is 0 Å². The molecule has 1 aromatic carbocycles. The second-order valence-corrected chi connectivity index (χ2v) is 14.0. The van der Waals surface area contributed by atoms with Gasteiger partial charge in [0.2, 0.25) is 10.0 Å². The first kappa shape index (κ1) is 28.6. The van der Waals surface area contributed by atoms with Crippen molar-refractivity contribution in [3.05, 3.63) is 47.3 Å². The average molecular weight is 615 g/mol. The summed E-state index contributed by atoms with van der Waals surface area (Å²) < 4.78 is 67.5. The van der Waals surface area contributed by atoms with Crippen LogP contribution in [0.1, 0.15) is 24.1 Å². The molecule has 1 spiro atoms. The molecule has 3 fully saturated rings. The summed E-state index contributed by atoms with van der Waals surface area (Å²) in [5, 5.41) is 0.268. The fourth-order valence-electron chi connectivity index (χ4n) is 7.12. The van der Waals surface area contributed by atoms with Crippen LogP contribution in [-0.2, 0) is 24.9 Å². The number of anilines is 4. The van der Waals surface area contributed by atoms with Gasteiger partial charge < -0.3 is 24.2 Å². The van der Waals surface area contributed by atoms with Gasteiger partial charge in [-0.1, -0.05) is 0 Å². The van der Waals surface area contributed by atoms with Crippen molar-refractivity contribution in [2.24, 2.45) is 0 Å². The van der Waals surface area contributed by atoms with Crippen LogP contribution in [0, 0.1) is 18.6 Å².